The normalized spacial score (nSPS) is 29.1. The van der Waals surface area contributed by atoms with Gasteiger partial charge in [0.1, 0.15) is 13.1 Å². The number of rotatable bonds is 2. The topological polar surface area (TPSA) is 78.5 Å². The first-order valence-corrected chi connectivity index (χ1v) is 6.45. The van der Waals surface area contributed by atoms with E-state index >= 15 is 0 Å². The van der Waals surface area contributed by atoms with Crippen LogP contribution in [0.2, 0.25) is 0 Å². The van der Waals surface area contributed by atoms with Gasteiger partial charge in [-0.3, -0.25) is 19.7 Å². The highest BCUT2D eigenvalue weighted by Gasteiger charge is 2.33. The van der Waals surface area contributed by atoms with Crippen LogP contribution in [0.3, 0.4) is 0 Å². The first kappa shape index (κ1) is 13.0. The summed E-state index contributed by atoms with van der Waals surface area (Å²) in [5.41, 5.74) is 0. The summed E-state index contributed by atoms with van der Waals surface area (Å²) in [5, 5.41) is 5.37. The number of nitrogens with one attached hydrogen (secondary N) is 2. The summed E-state index contributed by atoms with van der Waals surface area (Å²) < 4.78 is 0. The Hall–Kier alpha value is -1.43. The number of nitrogens with zero attached hydrogens (tertiary/aromatic N) is 1. The minimum absolute atomic E-state index is 0.0143. The molecule has 6 nitrogen and oxygen atoms in total. The number of carbonyl (C=O) groups is 3. The molecule has 2 N–H and O–H groups in total. The van der Waals surface area contributed by atoms with Gasteiger partial charge < -0.3 is 10.2 Å². The van der Waals surface area contributed by atoms with Gasteiger partial charge in [0.2, 0.25) is 17.7 Å². The third kappa shape index (κ3) is 2.87. The molecule has 3 amide bonds. The Morgan fingerprint density at radius 2 is 2.00 bits per heavy atom. The maximum atomic E-state index is 12.2. The third-order valence-electron chi connectivity index (χ3n) is 3.65. The van der Waals surface area contributed by atoms with Crippen molar-refractivity contribution >= 4 is 17.7 Å². The minimum atomic E-state index is -0.401. The number of piperidine rings is 1. The van der Waals surface area contributed by atoms with Crippen molar-refractivity contribution in [3.63, 3.8) is 0 Å². The highest BCUT2D eigenvalue weighted by Crippen LogP contribution is 2.20. The van der Waals surface area contributed by atoms with E-state index in [4.69, 9.17) is 0 Å². The van der Waals surface area contributed by atoms with Crippen LogP contribution in [0.1, 0.15) is 26.2 Å². The molecule has 0 aliphatic carbocycles. The summed E-state index contributed by atoms with van der Waals surface area (Å²) >= 11 is 0. The van der Waals surface area contributed by atoms with Gasteiger partial charge in [-0.1, -0.05) is 13.3 Å². The fraction of sp³-hybridized carbons (Fsp3) is 0.750. The molecule has 2 rings (SSSR count). The van der Waals surface area contributed by atoms with Crippen LogP contribution in [0.4, 0.5) is 0 Å². The lowest BCUT2D eigenvalue weighted by atomic mass is 9.90. The van der Waals surface area contributed by atoms with Crippen molar-refractivity contribution in [1.29, 1.82) is 0 Å². The van der Waals surface area contributed by atoms with Crippen molar-refractivity contribution in [2.24, 2.45) is 5.92 Å². The van der Waals surface area contributed by atoms with Gasteiger partial charge >= 0.3 is 0 Å². The molecule has 18 heavy (non-hydrogen) atoms. The summed E-state index contributed by atoms with van der Waals surface area (Å²) in [7, 11) is 0. The molecule has 2 heterocycles. The molecule has 0 aromatic carbocycles. The van der Waals surface area contributed by atoms with E-state index < -0.39 is 11.8 Å². The number of imide groups is 1. The van der Waals surface area contributed by atoms with Crippen LogP contribution in [0, 0.1) is 5.92 Å². The molecule has 2 atom stereocenters. The maximum Gasteiger partial charge on any atom is 0.246 e. The number of piperazine rings is 1. The summed E-state index contributed by atoms with van der Waals surface area (Å²) in [4.78, 5) is 36.1. The number of carbonyl (C=O) groups excluding carboxylic acids is 3. The van der Waals surface area contributed by atoms with Gasteiger partial charge in [-0.15, -0.1) is 0 Å². The lowest BCUT2D eigenvalue weighted by Gasteiger charge is -2.34. The lowest BCUT2D eigenvalue weighted by Crippen LogP contribution is -2.58. The lowest BCUT2D eigenvalue weighted by molar-refractivity contribution is -0.147. The fourth-order valence-corrected chi connectivity index (χ4v) is 2.57. The van der Waals surface area contributed by atoms with E-state index in [1.807, 2.05) is 0 Å². The Balaban J connectivity index is 1.97. The van der Waals surface area contributed by atoms with Crippen molar-refractivity contribution in [3.05, 3.63) is 0 Å². The SMILES string of the molecule is CCC1CCNC(C(=O)N2CC(=O)NC(=O)C2)C1. The average Bonchev–Trinajstić information content (AvgIpc) is 2.37. The van der Waals surface area contributed by atoms with Crippen molar-refractivity contribution in [1.82, 2.24) is 15.5 Å². The predicted molar refractivity (Wildman–Crippen MR) is 64.5 cm³/mol. The molecule has 2 fully saturated rings. The average molecular weight is 253 g/mol. The van der Waals surface area contributed by atoms with E-state index in [0.29, 0.717) is 5.92 Å². The second-order valence-electron chi connectivity index (χ2n) is 4.97. The Labute approximate surface area is 106 Å². The van der Waals surface area contributed by atoms with E-state index in [0.717, 1.165) is 25.8 Å². The quantitative estimate of drug-likeness (QED) is 0.635. The van der Waals surface area contributed by atoms with Crippen LogP contribution in [0.25, 0.3) is 0 Å². The molecular weight excluding hydrogens is 234 g/mol. The van der Waals surface area contributed by atoms with Crippen LogP contribution in [-0.2, 0) is 14.4 Å². The summed E-state index contributed by atoms with van der Waals surface area (Å²) in [6.45, 7) is 2.91. The van der Waals surface area contributed by atoms with Gasteiger partial charge in [0.25, 0.3) is 0 Å². The largest absolute Gasteiger partial charge is 0.323 e. The highest BCUT2D eigenvalue weighted by atomic mass is 16.2. The van der Waals surface area contributed by atoms with Crippen LogP contribution < -0.4 is 10.6 Å². The molecule has 2 aliphatic heterocycles. The molecule has 0 aromatic rings. The Bertz CT molecular complexity index is 354. The Kier molecular flexibility index (Phi) is 3.96. The zero-order chi connectivity index (χ0) is 13.1. The summed E-state index contributed by atoms with van der Waals surface area (Å²) in [6, 6.07) is -0.248. The number of hydrogen-bond donors (Lipinski definition) is 2. The van der Waals surface area contributed by atoms with Gasteiger partial charge in [-0.05, 0) is 25.3 Å². The Morgan fingerprint density at radius 3 is 2.61 bits per heavy atom. The van der Waals surface area contributed by atoms with Gasteiger partial charge in [-0.25, -0.2) is 0 Å². The molecule has 6 heteroatoms. The molecular formula is C12H19N3O3. The molecule has 0 spiro atoms. The van der Waals surface area contributed by atoms with Crippen LogP contribution in [-0.4, -0.2) is 48.3 Å². The van der Waals surface area contributed by atoms with Crippen molar-refractivity contribution in [2.45, 2.75) is 32.2 Å². The molecule has 0 saturated carbocycles. The van der Waals surface area contributed by atoms with Crippen LogP contribution >= 0.6 is 0 Å². The molecule has 0 aromatic heterocycles. The molecule has 2 saturated heterocycles. The van der Waals surface area contributed by atoms with E-state index in [1.165, 1.54) is 4.90 Å². The smallest absolute Gasteiger partial charge is 0.246 e. The van der Waals surface area contributed by atoms with E-state index in [2.05, 4.69) is 17.6 Å². The zero-order valence-electron chi connectivity index (χ0n) is 10.6. The van der Waals surface area contributed by atoms with E-state index in [1.54, 1.807) is 0 Å². The standard InChI is InChI=1S/C12H19N3O3/c1-2-8-3-4-13-9(5-8)12(18)15-6-10(16)14-11(17)7-15/h8-9,13H,2-7H2,1H3,(H,14,16,17). The van der Waals surface area contributed by atoms with Gasteiger partial charge in [-0.2, -0.15) is 0 Å². The Morgan fingerprint density at radius 1 is 1.33 bits per heavy atom. The van der Waals surface area contributed by atoms with Crippen LogP contribution in [0.5, 0.6) is 0 Å². The monoisotopic (exact) mass is 253 g/mol. The minimum Gasteiger partial charge on any atom is -0.323 e. The van der Waals surface area contributed by atoms with Gasteiger partial charge in [0, 0.05) is 0 Å². The van der Waals surface area contributed by atoms with Gasteiger partial charge in [0.15, 0.2) is 0 Å². The number of amides is 3. The predicted octanol–water partition coefficient (Wildman–Crippen LogP) is -0.750. The molecule has 2 aliphatic rings. The second-order valence-corrected chi connectivity index (χ2v) is 4.97. The first-order chi connectivity index (χ1) is 8.60. The molecule has 0 radical (unpaired) electrons. The summed E-state index contributed by atoms with van der Waals surface area (Å²) in [5.74, 6) is -0.379. The van der Waals surface area contributed by atoms with E-state index in [-0.39, 0.29) is 25.0 Å². The van der Waals surface area contributed by atoms with Gasteiger partial charge in [0.05, 0.1) is 6.04 Å². The second kappa shape index (κ2) is 5.48. The summed E-state index contributed by atoms with van der Waals surface area (Å²) in [6.07, 6.45) is 2.94. The van der Waals surface area contributed by atoms with Crippen molar-refractivity contribution in [3.8, 4) is 0 Å². The van der Waals surface area contributed by atoms with E-state index in [9.17, 15) is 14.4 Å². The first-order valence-electron chi connectivity index (χ1n) is 6.45. The maximum absolute atomic E-state index is 12.2. The fourth-order valence-electron chi connectivity index (χ4n) is 2.57. The third-order valence-corrected chi connectivity index (χ3v) is 3.65. The molecule has 100 valence electrons. The molecule has 0 bridgehead atoms. The zero-order valence-corrected chi connectivity index (χ0v) is 10.6. The molecule has 2 unspecified atom stereocenters. The van der Waals surface area contributed by atoms with Crippen molar-refractivity contribution in [2.75, 3.05) is 19.6 Å². The van der Waals surface area contributed by atoms with Crippen molar-refractivity contribution < 1.29 is 14.4 Å². The van der Waals surface area contributed by atoms with Crippen LogP contribution in [0.15, 0.2) is 0 Å². The highest BCUT2D eigenvalue weighted by molar-refractivity contribution is 6.03. The number of hydrogen-bond acceptors (Lipinski definition) is 4.